The Morgan fingerprint density at radius 3 is 2.38 bits per heavy atom. The number of benzene rings is 3. The van der Waals surface area contributed by atoms with Crippen LogP contribution in [0.15, 0.2) is 83.8 Å². The maximum atomic E-state index is 13.5. The fourth-order valence-corrected chi connectivity index (χ4v) is 5.02. The predicted molar refractivity (Wildman–Crippen MR) is 144 cm³/mol. The van der Waals surface area contributed by atoms with Crippen molar-refractivity contribution in [3.05, 3.63) is 117 Å². The number of hydrogen-bond acceptors (Lipinski definition) is 7. The van der Waals surface area contributed by atoms with Crippen LogP contribution in [0.3, 0.4) is 0 Å². The monoisotopic (exact) mass is 540 g/mol. The zero-order chi connectivity index (χ0) is 27.1. The molecule has 9 nitrogen and oxygen atoms in total. The van der Waals surface area contributed by atoms with E-state index < -0.39 is 12.1 Å². The lowest BCUT2D eigenvalue weighted by Gasteiger charge is -2.18. The molecular weight excluding hydrogens is 520 g/mol. The highest BCUT2D eigenvalue weighted by Crippen LogP contribution is 2.39. The maximum absolute atomic E-state index is 13.5. The maximum Gasteiger partial charge on any atom is 0.338 e. The lowest BCUT2D eigenvalue weighted by Crippen LogP contribution is -2.31. The van der Waals surface area contributed by atoms with E-state index in [9.17, 15) is 19.5 Å². The van der Waals surface area contributed by atoms with Gasteiger partial charge in [0.1, 0.15) is 12.3 Å². The van der Waals surface area contributed by atoms with Crippen molar-refractivity contribution in [1.82, 2.24) is 19.6 Å². The van der Waals surface area contributed by atoms with E-state index in [-0.39, 0.29) is 31.0 Å². The van der Waals surface area contributed by atoms with Crippen LogP contribution in [-0.2, 0) is 24.4 Å². The second kappa shape index (κ2) is 9.94. The summed E-state index contributed by atoms with van der Waals surface area (Å²) >= 11 is 5.85. The highest BCUT2D eigenvalue weighted by molar-refractivity contribution is 6.30. The van der Waals surface area contributed by atoms with Gasteiger partial charge in [-0.3, -0.25) is 9.59 Å². The van der Waals surface area contributed by atoms with Gasteiger partial charge in [0.15, 0.2) is 5.78 Å². The molecular formula is C29H21ClN4O5. The molecule has 0 radical (unpaired) electrons. The van der Waals surface area contributed by atoms with Crippen molar-refractivity contribution in [3.63, 3.8) is 0 Å². The summed E-state index contributed by atoms with van der Waals surface area (Å²) in [4.78, 5) is 39.1. The summed E-state index contributed by atoms with van der Waals surface area (Å²) in [5.74, 6) is -0.672. The third-order valence-electron chi connectivity index (χ3n) is 6.64. The van der Waals surface area contributed by atoms with Gasteiger partial charge in [-0.05, 0) is 30.3 Å². The van der Waals surface area contributed by atoms with Crippen LogP contribution in [0.5, 0.6) is 0 Å². The third-order valence-corrected chi connectivity index (χ3v) is 6.89. The first-order chi connectivity index (χ1) is 18.9. The molecule has 3 aromatic carbocycles. The van der Waals surface area contributed by atoms with Crippen LogP contribution in [0.4, 0.5) is 0 Å². The Labute approximate surface area is 226 Å². The number of nitrogens with zero attached hydrogens (tertiary/aromatic N) is 4. The molecule has 0 saturated carbocycles. The molecule has 0 bridgehead atoms. The Morgan fingerprint density at radius 1 is 0.923 bits per heavy atom. The number of aromatic nitrogens is 4. The summed E-state index contributed by atoms with van der Waals surface area (Å²) in [6.45, 7) is -0.135. The molecule has 39 heavy (non-hydrogen) atoms. The van der Waals surface area contributed by atoms with E-state index in [2.05, 4.69) is 10.3 Å². The number of carbonyl (C=O) groups excluding carboxylic acids is 2. The molecule has 1 N–H and O–H groups in total. The van der Waals surface area contributed by atoms with Crippen molar-refractivity contribution in [1.29, 1.82) is 0 Å². The van der Waals surface area contributed by atoms with Gasteiger partial charge < -0.3 is 14.4 Å². The van der Waals surface area contributed by atoms with E-state index in [1.807, 2.05) is 12.1 Å². The van der Waals surface area contributed by atoms with Crippen LogP contribution in [0.25, 0.3) is 22.0 Å². The Balaban J connectivity index is 1.22. The minimum atomic E-state index is -1.03. The lowest BCUT2D eigenvalue weighted by molar-refractivity contribution is 0.0467. The van der Waals surface area contributed by atoms with Gasteiger partial charge in [0.05, 0.1) is 42.2 Å². The number of hydrogen-bond donors (Lipinski definition) is 1. The van der Waals surface area contributed by atoms with Crippen molar-refractivity contribution in [2.75, 3.05) is 0 Å². The van der Waals surface area contributed by atoms with Gasteiger partial charge in [0.25, 0.3) is 5.56 Å². The van der Waals surface area contributed by atoms with Crippen molar-refractivity contribution >= 4 is 34.1 Å². The van der Waals surface area contributed by atoms with Crippen LogP contribution in [0, 0.1) is 0 Å². The highest BCUT2D eigenvalue weighted by atomic mass is 35.5. The molecule has 5 aromatic rings. The van der Waals surface area contributed by atoms with Gasteiger partial charge in [0.2, 0.25) is 0 Å². The molecule has 10 heteroatoms. The number of halogens is 1. The quantitative estimate of drug-likeness (QED) is 0.305. The summed E-state index contributed by atoms with van der Waals surface area (Å²) in [6.07, 6.45) is 0.534. The largest absolute Gasteiger partial charge is 0.455 e. The zero-order valence-corrected chi connectivity index (χ0v) is 21.2. The van der Waals surface area contributed by atoms with Gasteiger partial charge in [-0.25, -0.2) is 9.48 Å². The molecule has 0 fully saturated rings. The topological polar surface area (TPSA) is 116 Å². The molecule has 2 heterocycles. The minimum absolute atomic E-state index is 0.0295. The molecule has 0 spiro atoms. The molecule has 1 unspecified atom stereocenters. The molecule has 1 aliphatic rings. The summed E-state index contributed by atoms with van der Waals surface area (Å²) in [6, 6.07) is 20.5. The van der Waals surface area contributed by atoms with E-state index in [1.54, 1.807) is 66.9 Å². The molecule has 6 rings (SSSR count). The number of pyridine rings is 1. The van der Waals surface area contributed by atoms with Crippen LogP contribution in [0.1, 0.15) is 32.0 Å². The summed E-state index contributed by atoms with van der Waals surface area (Å²) in [5, 5.41) is 20.5. The number of carbonyl (C=O) groups is 2. The number of esters is 1. The van der Waals surface area contributed by atoms with Gasteiger partial charge in [-0.15, -0.1) is 5.10 Å². The van der Waals surface area contributed by atoms with Crippen LogP contribution < -0.4 is 5.56 Å². The first-order valence-electron chi connectivity index (χ1n) is 12.2. The Bertz CT molecular complexity index is 1810. The van der Waals surface area contributed by atoms with Gasteiger partial charge in [-0.2, -0.15) is 0 Å². The molecule has 0 aliphatic heterocycles. The second-order valence-electron chi connectivity index (χ2n) is 9.23. The van der Waals surface area contributed by atoms with Crippen molar-refractivity contribution in [3.8, 4) is 11.3 Å². The average molecular weight is 541 g/mol. The number of aliphatic hydroxyl groups is 1. The van der Waals surface area contributed by atoms with Gasteiger partial charge >= 0.3 is 5.97 Å². The highest BCUT2D eigenvalue weighted by Gasteiger charge is 2.32. The number of aliphatic hydroxyl groups excluding tert-OH is 1. The Kier molecular flexibility index (Phi) is 6.30. The fraction of sp³-hybridized carbons (Fsp3) is 0.138. The molecule has 0 amide bonds. The molecule has 2 aromatic heterocycles. The van der Waals surface area contributed by atoms with E-state index in [4.69, 9.17) is 16.3 Å². The number of rotatable bonds is 7. The standard InChI is InChI=1S/C29H21ClN4O5/c30-18-11-9-17(10-12-18)29(38)39-16-19-13-33(32-31-19)14-20(35)15-34-26-22-6-2-3-7-23(22)27(36)25(26)21-5-1-4-8-24(21)28(34)37/h1-13,20,35H,14-16H2. The first kappa shape index (κ1) is 24.7. The van der Waals surface area contributed by atoms with Crippen molar-refractivity contribution in [2.45, 2.75) is 25.8 Å². The van der Waals surface area contributed by atoms with E-state index >= 15 is 0 Å². The van der Waals surface area contributed by atoms with E-state index in [1.165, 1.54) is 9.25 Å². The Hall–Kier alpha value is -4.60. The van der Waals surface area contributed by atoms with Gasteiger partial charge in [0, 0.05) is 26.9 Å². The Morgan fingerprint density at radius 2 is 1.62 bits per heavy atom. The zero-order valence-electron chi connectivity index (χ0n) is 20.5. The number of ether oxygens (including phenoxy) is 1. The summed E-state index contributed by atoms with van der Waals surface area (Å²) < 4.78 is 8.17. The smallest absolute Gasteiger partial charge is 0.338 e. The molecule has 194 valence electrons. The van der Waals surface area contributed by atoms with Crippen LogP contribution in [-0.4, -0.2) is 42.5 Å². The molecule has 0 saturated heterocycles. The number of ketones is 1. The fourth-order valence-electron chi connectivity index (χ4n) is 4.89. The summed E-state index contributed by atoms with van der Waals surface area (Å²) in [5.41, 5.74) is 2.62. The summed E-state index contributed by atoms with van der Waals surface area (Å²) in [7, 11) is 0. The van der Waals surface area contributed by atoms with Crippen molar-refractivity contribution in [2.24, 2.45) is 0 Å². The SMILES string of the molecule is O=C(OCc1cn(CC(O)Cn2c3c(c4ccccc4c2=O)C(=O)c2ccccc2-3)nn1)c1ccc(Cl)cc1. The van der Waals surface area contributed by atoms with Gasteiger partial charge in [-0.1, -0.05) is 59.3 Å². The lowest BCUT2D eigenvalue weighted by atomic mass is 10.0. The van der Waals surface area contributed by atoms with E-state index in [0.29, 0.717) is 49.4 Å². The normalized spacial score (nSPS) is 12.8. The van der Waals surface area contributed by atoms with Crippen molar-refractivity contribution < 1.29 is 19.4 Å². The molecule has 1 atom stereocenters. The minimum Gasteiger partial charge on any atom is -0.455 e. The average Bonchev–Trinajstić information content (AvgIpc) is 3.52. The van der Waals surface area contributed by atoms with Crippen LogP contribution in [0.2, 0.25) is 5.02 Å². The second-order valence-corrected chi connectivity index (χ2v) is 9.66. The van der Waals surface area contributed by atoms with Crippen LogP contribution >= 0.6 is 11.6 Å². The third kappa shape index (κ3) is 4.52. The first-order valence-corrected chi connectivity index (χ1v) is 12.6. The number of fused-ring (bicyclic) bond motifs is 5. The predicted octanol–water partition coefficient (Wildman–Crippen LogP) is 3.88. The van der Waals surface area contributed by atoms with E-state index in [0.717, 1.165) is 0 Å². The molecule has 1 aliphatic carbocycles.